The van der Waals surface area contributed by atoms with Gasteiger partial charge in [-0.3, -0.25) is 4.79 Å². The molecule has 0 aliphatic carbocycles. The van der Waals surface area contributed by atoms with Crippen molar-refractivity contribution < 1.29 is 30.5 Å². The van der Waals surface area contributed by atoms with Gasteiger partial charge in [-0.25, -0.2) is 0 Å². The third-order valence-electron chi connectivity index (χ3n) is 1.18. The van der Waals surface area contributed by atoms with Gasteiger partial charge in [-0.15, -0.1) is 0 Å². The Kier molecular flexibility index (Phi) is 6.43. The van der Waals surface area contributed by atoms with Gasteiger partial charge in [-0.1, -0.05) is 30.3 Å². The van der Waals surface area contributed by atoms with Gasteiger partial charge in [0.25, 0.3) is 0 Å². The van der Waals surface area contributed by atoms with Gasteiger partial charge >= 0.3 is 25.7 Å². The fourth-order valence-electron chi connectivity index (χ4n) is 0.673. The molecular weight excluding hydrogens is 192 g/mol. The molecule has 0 aliphatic rings. The van der Waals surface area contributed by atoms with Gasteiger partial charge in [-0.05, 0) is 6.92 Å². The van der Waals surface area contributed by atoms with E-state index < -0.39 is 19.1 Å². The first-order valence-corrected chi connectivity index (χ1v) is 4.55. The number of ketones is 1. The third-order valence-corrected chi connectivity index (χ3v) is 1.18. The van der Waals surface area contributed by atoms with E-state index in [-0.39, 0.29) is 5.78 Å². The first kappa shape index (κ1) is 11.2. The zero-order valence-electron chi connectivity index (χ0n) is 6.61. The van der Waals surface area contributed by atoms with Gasteiger partial charge in [0.15, 0.2) is 5.78 Å². The number of carbonyl (C=O) groups excluding carboxylic acids is 1. The average molecular weight is 200 g/mol. The molecule has 0 unspecified atom stereocenters. The van der Waals surface area contributed by atoms with E-state index in [4.69, 9.17) is 6.65 Å². The van der Waals surface area contributed by atoms with E-state index in [9.17, 15) is 4.79 Å². The van der Waals surface area contributed by atoms with Gasteiger partial charge in [0, 0.05) is 5.56 Å². The molecule has 0 amide bonds. The summed E-state index contributed by atoms with van der Waals surface area (Å²) in [4.78, 5) is 10.6. The topological polar surface area (TPSA) is 51.2 Å². The van der Waals surface area contributed by atoms with E-state index in [0.717, 1.165) is 5.56 Å². The van der Waals surface area contributed by atoms with Crippen LogP contribution in [0.2, 0.25) is 0 Å². The Morgan fingerprint density at radius 1 is 1.17 bits per heavy atom. The van der Waals surface area contributed by atoms with Crippen molar-refractivity contribution in [3.05, 3.63) is 35.9 Å². The van der Waals surface area contributed by atoms with E-state index in [0.29, 0.717) is 0 Å². The molecule has 0 bridgehead atoms. The minimum absolute atomic E-state index is 0.121. The van der Waals surface area contributed by atoms with Crippen LogP contribution in [0.1, 0.15) is 17.3 Å². The van der Waals surface area contributed by atoms with Gasteiger partial charge < -0.3 is 0 Å². The molecule has 0 aliphatic heterocycles. The molecule has 4 heteroatoms. The van der Waals surface area contributed by atoms with E-state index in [1.165, 1.54) is 0 Å². The van der Waals surface area contributed by atoms with Crippen molar-refractivity contribution in [2.75, 3.05) is 0 Å². The van der Waals surface area contributed by atoms with Crippen molar-refractivity contribution in [3.63, 3.8) is 0 Å². The molecule has 0 aromatic heterocycles. The van der Waals surface area contributed by atoms with Gasteiger partial charge in [0.05, 0.1) is 0 Å². The Hall–Kier alpha value is -0.796. The number of hydrogen-bond donors (Lipinski definition) is 0. The van der Waals surface area contributed by atoms with Crippen LogP contribution < -0.4 is 0 Å². The molecule has 0 saturated heterocycles. The maximum atomic E-state index is 10.6. The molecule has 0 heterocycles. The Bertz CT molecular complexity index is 276. The number of Topliss-reactive ketones (excluding diaryl/α,β-unsaturated/α-hetero) is 1. The Balaban J connectivity index is 0.000000354. The van der Waals surface area contributed by atoms with E-state index in [1.54, 1.807) is 6.92 Å². The molecule has 0 radical (unpaired) electrons. The molecule has 1 aromatic rings. The Morgan fingerprint density at radius 2 is 1.58 bits per heavy atom. The van der Waals surface area contributed by atoms with Crippen LogP contribution in [0.25, 0.3) is 0 Å². The van der Waals surface area contributed by atoms with Crippen molar-refractivity contribution in [1.29, 1.82) is 0 Å². The van der Waals surface area contributed by atoms with Crippen LogP contribution in [0.3, 0.4) is 0 Å². The van der Waals surface area contributed by atoms with E-state index in [1.807, 2.05) is 30.3 Å². The standard InChI is InChI=1S/C8H8O.2O.Ti/c1-7(9)8-5-3-2-4-6-8;;;/h2-6H,1H3;;;. The quantitative estimate of drug-likeness (QED) is 0.511. The summed E-state index contributed by atoms with van der Waals surface area (Å²) in [5, 5.41) is 0. The molecule has 3 nitrogen and oxygen atoms in total. The SMILES string of the molecule is CC(=O)c1ccccc1.[O]=[Ti]=[O]. The molecule has 0 spiro atoms. The minimum atomic E-state index is -2.00. The van der Waals surface area contributed by atoms with Crippen molar-refractivity contribution >= 4 is 5.78 Å². The number of benzene rings is 1. The zero-order chi connectivity index (χ0) is 9.40. The summed E-state index contributed by atoms with van der Waals surface area (Å²) in [6.07, 6.45) is 0. The fourth-order valence-corrected chi connectivity index (χ4v) is 0.673. The van der Waals surface area contributed by atoms with E-state index in [2.05, 4.69) is 0 Å². The van der Waals surface area contributed by atoms with Crippen LogP contribution in [0.4, 0.5) is 0 Å². The van der Waals surface area contributed by atoms with Gasteiger partial charge in [0.1, 0.15) is 0 Å². The van der Waals surface area contributed by atoms with Crippen LogP contribution in [0, 0.1) is 0 Å². The molecule has 1 rings (SSSR count). The van der Waals surface area contributed by atoms with E-state index >= 15 is 0 Å². The molecule has 12 heavy (non-hydrogen) atoms. The molecular formula is C8H8O3Ti. The van der Waals surface area contributed by atoms with Gasteiger partial charge in [0.2, 0.25) is 0 Å². The Labute approximate surface area is 79.4 Å². The van der Waals surface area contributed by atoms with Crippen LogP contribution in [-0.2, 0) is 25.7 Å². The second kappa shape index (κ2) is 6.89. The number of carbonyl (C=O) groups is 1. The second-order valence-electron chi connectivity index (χ2n) is 2.01. The van der Waals surface area contributed by atoms with Crippen molar-refractivity contribution in [2.24, 2.45) is 0 Å². The summed E-state index contributed by atoms with van der Waals surface area (Å²) in [5.74, 6) is 0.121. The van der Waals surface area contributed by atoms with Gasteiger partial charge in [-0.2, -0.15) is 0 Å². The first-order valence-electron chi connectivity index (χ1n) is 3.27. The number of rotatable bonds is 1. The second-order valence-corrected chi connectivity index (χ2v) is 2.27. The van der Waals surface area contributed by atoms with Crippen molar-refractivity contribution in [1.82, 2.24) is 0 Å². The first-order chi connectivity index (χ1) is 5.72. The molecule has 0 N–H and O–H groups in total. The molecule has 0 saturated carbocycles. The predicted molar refractivity (Wildman–Crippen MR) is 37.8 cm³/mol. The fraction of sp³-hybridized carbons (Fsp3) is 0.125. The molecule has 62 valence electrons. The summed E-state index contributed by atoms with van der Waals surface area (Å²) in [6.45, 7) is 1.56. The van der Waals surface area contributed by atoms with Crippen LogP contribution in [0.15, 0.2) is 30.3 Å². The predicted octanol–water partition coefficient (Wildman–Crippen LogP) is 1.65. The van der Waals surface area contributed by atoms with Crippen LogP contribution in [0.5, 0.6) is 0 Å². The average Bonchev–Trinajstić information content (AvgIpc) is 2.07. The zero-order valence-corrected chi connectivity index (χ0v) is 8.17. The van der Waals surface area contributed by atoms with Crippen molar-refractivity contribution in [3.8, 4) is 0 Å². The van der Waals surface area contributed by atoms with Crippen LogP contribution in [-0.4, -0.2) is 5.78 Å². The van der Waals surface area contributed by atoms with Crippen molar-refractivity contribution in [2.45, 2.75) is 6.92 Å². The maximum absolute atomic E-state index is 10.6. The molecule has 1 aromatic carbocycles. The number of hydrogen-bond acceptors (Lipinski definition) is 3. The van der Waals surface area contributed by atoms with Crippen LogP contribution >= 0.6 is 0 Å². The Morgan fingerprint density at radius 3 is 1.83 bits per heavy atom. The summed E-state index contributed by atoms with van der Waals surface area (Å²) in [5.41, 5.74) is 0.775. The molecule has 0 atom stereocenters. The third kappa shape index (κ3) is 4.94. The summed E-state index contributed by atoms with van der Waals surface area (Å²) < 4.78 is 17.0. The summed E-state index contributed by atoms with van der Waals surface area (Å²) in [7, 11) is 0. The normalized spacial score (nSPS) is 7.42. The summed E-state index contributed by atoms with van der Waals surface area (Å²) in [6, 6.07) is 9.23. The molecule has 0 fully saturated rings. The summed E-state index contributed by atoms with van der Waals surface area (Å²) >= 11 is -2.00. The monoisotopic (exact) mass is 200 g/mol.